The smallest absolute Gasteiger partial charge is 0.293 e. The fraction of sp³-hybridized carbons (Fsp3) is 0.263. The number of nitrogens with one attached hydrogen (secondary N) is 1. The summed E-state index contributed by atoms with van der Waals surface area (Å²) in [5.74, 6) is -1.24. The van der Waals surface area contributed by atoms with Gasteiger partial charge in [-0.3, -0.25) is 25.0 Å². The van der Waals surface area contributed by atoms with Gasteiger partial charge in [-0.25, -0.2) is 5.43 Å². The minimum Gasteiger partial charge on any atom is -0.504 e. The molecule has 1 aliphatic heterocycles. The minimum atomic E-state index is -0.718. The van der Waals surface area contributed by atoms with E-state index >= 15 is 0 Å². The molecule has 1 aliphatic rings. The van der Waals surface area contributed by atoms with Crippen LogP contribution in [-0.2, 0) is 0 Å². The Hall–Kier alpha value is -4.22. The molecule has 1 fully saturated rings. The van der Waals surface area contributed by atoms with Crippen molar-refractivity contribution in [3.05, 3.63) is 61.7 Å². The first kappa shape index (κ1) is 21.5. The van der Waals surface area contributed by atoms with Gasteiger partial charge in [-0.15, -0.1) is 0 Å². The van der Waals surface area contributed by atoms with Crippen LogP contribution in [0.3, 0.4) is 0 Å². The zero-order valence-electron chi connectivity index (χ0n) is 16.5. The Bertz CT molecular complexity index is 1060. The summed E-state index contributed by atoms with van der Waals surface area (Å²) < 4.78 is 4.89. The molecule has 0 bridgehead atoms. The molecule has 0 radical (unpaired) electrons. The third-order valence-electron chi connectivity index (χ3n) is 4.77. The largest absolute Gasteiger partial charge is 0.504 e. The topological polar surface area (TPSA) is 160 Å². The predicted octanol–water partition coefficient (Wildman–Crippen LogP) is 2.58. The van der Waals surface area contributed by atoms with Crippen molar-refractivity contribution in [3.8, 4) is 11.5 Å². The van der Waals surface area contributed by atoms with E-state index in [1.807, 2.05) is 4.90 Å². The summed E-state index contributed by atoms with van der Waals surface area (Å²) in [7, 11) is 1.24. The fourth-order valence-electron chi connectivity index (χ4n) is 3.24. The molecule has 1 saturated heterocycles. The molecule has 0 saturated carbocycles. The van der Waals surface area contributed by atoms with Gasteiger partial charge in [-0.1, -0.05) is 0 Å². The lowest BCUT2D eigenvalue weighted by molar-refractivity contribution is -0.385. The molecule has 2 aromatic carbocycles. The molecule has 1 heterocycles. The van der Waals surface area contributed by atoms with E-state index in [1.54, 1.807) is 0 Å². The molecule has 2 aromatic rings. The van der Waals surface area contributed by atoms with Crippen molar-refractivity contribution in [2.75, 3.05) is 25.1 Å². The molecule has 3 rings (SSSR count). The molecule has 12 heteroatoms. The maximum atomic E-state index is 12.4. The van der Waals surface area contributed by atoms with E-state index < -0.39 is 21.5 Å². The predicted molar refractivity (Wildman–Crippen MR) is 111 cm³/mol. The number of amides is 1. The number of rotatable bonds is 7. The lowest BCUT2D eigenvalue weighted by Crippen LogP contribution is -2.21. The summed E-state index contributed by atoms with van der Waals surface area (Å²) in [4.78, 5) is 35.5. The van der Waals surface area contributed by atoms with Gasteiger partial charge in [0.2, 0.25) is 0 Å². The number of nitrogens with zero attached hydrogens (tertiary/aromatic N) is 4. The van der Waals surface area contributed by atoms with Gasteiger partial charge in [0, 0.05) is 36.3 Å². The van der Waals surface area contributed by atoms with Gasteiger partial charge in [0.1, 0.15) is 5.69 Å². The first-order chi connectivity index (χ1) is 14.8. The summed E-state index contributed by atoms with van der Waals surface area (Å²) in [6, 6.07) is 6.26. The van der Waals surface area contributed by atoms with Crippen LogP contribution in [0.5, 0.6) is 11.5 Å². The second-order valence-corrected chi connectivity index (χ2v) is 6.70. The van der Waals surface area contributed by atoms with Gasteiger partial charge in [-0.2, -0.15) is 5.10 Å². The summed E-state index contributed by atoms with van der Waals surface area (Å²) in [5, 5.41) is 36.2. The number of phenols is 1. The van der Waals surface area contributed by atoms with E-state index in [1.165, 1.54) is 25.3 Å². The number of nitro groups is 2. The van der Waals surface area contributed by atoms with Crippen LogP contribution in [0.1, 0.15) is 28.8 Å². The Balaban J connectivity index is 1.80. The Kier molecular flexibility index (Phi) is 6.29. The van der Waals surface area contributed by atoms with Gasteiger partial charge in [0.15, 0.2) is 11.5 Å². The number of ether oxygens (including phenoxy) is 1. The molecule has 0 spiro atoms. The second-order valence-electron chi connectivity index (χ2n) is 6.70. The zero-order chi connectivity index (χ0) is 22.5. The van der Waals surface area contributed by atoms with Crippen LogP contribution < -0.4 is 15.1 Å². The standard InChI is InChI=1S/C19H19N5O7/c1-31-17-10-14(23(27)28)8-13(18(17)25)11-20-21-19(26)12-4-5-15(16(9-12)24(29)30)22-6-2-3-7-22/h4-5,8-11,25H,2-3,6-7H2,1H3,(H,21,26). The number of anilines is 1. The number of phenolic OH excluding ortho intramolecular Hbond substituents is 1. The highest BCUT2D eigenvalue weighted by molar-refractivity contribution is 5.96. The Morgan fingerprint density at radius 2 is 1.90 bits per heavy atom. The average molecular weight is 429 g/mol. The first-order valence-corrected chi connectivity index (χ1v) is 9.24. The van der Waals surface area contributed by atoms with Gasteiger partial charge in [0.05, 0.1) is 29.2 Å². The number of hydrogen-bond donors (Lipinski definition) is 2. The minimum absolute atomic E-state index is 0.0210. The molecule has 0 atom stereocenters. The van der Waals surface area contributed by atoms with Gasteiger partial charge >= 0.3 is 0 Å². The van der Waals surface area contributed by atoms with Crippen molar-refractivity contribution in [1.29, 1.82) is 0 Å². The second kappa shape index (κ2) is 9.07. The number of nitro benzene ring substituents is 2. The molecule has 162 valence electrons. The lowest BCUT2D eigenvalue weighted by Gasteiger charge is -2.17. The van der Waals surface area contributed by atoms with Gasteiger partial charge in [0.25, 0.3) is 17.3 Å². The average Bonchev–Trinajstić information content (AvgIpc) is 3.28. The Morgan fingerprint density at radius 1 is 1.19 bits per heavy atom. The number of hydrogen-bond acceptors (Lipinski definition) is 9. The molecular weight excluding hydrogens is 410 g/mol. The summed E-state index contributed by atoms with van der Waals surface area (Å²) >= 11 is 0. The number of carbonyl (C=O) groups is 1. The highest BCUT2D eigenvalue weighted by atomic mass is 16.6. The maximum absolute atomic E-state index is 12.4. The van der Waals surface area contributed by atoms with Crippen LogP contribution in [0.4, 0.5) is 17.1 Å². The van der Waals surface area contributed by atoms with Crippen molar-refractivity contribution in [2.45, 2.75) is 12.8 Å². The van der Waals surface area contributed by atoms with Crippen molar-refractivity contribution >= 4 is 29.2 Å². The normalized spacial score (nSPS) is 13.4. The zero-order valence-corrected chi connectivity index (χ0v) is 16.5. The molecule has 31 heavy (non-hydrogen) atoms. The molecule has 12 nitrogen and oxygen atoms in total. The van der Waals surface area contributed by atoms with Crippen LogP contribution >= 0.6 is 0 Å². The SMILES string of the molecule is COc1cc([N+](=O)[O-])cc(C=NNC(=O)c2ccc(N3CCCC3)c([N+](=O)[O-])c2)c1O. The lowest BCUT2D eigenvalue weighted by atomic mass is 10.1. The number of methoxy groups -OCH3 is 1. The highest BCUT2D eigenvalue weighted by Gasteiger charge is 2.24. The summed E-state index contributed by atoms with van der Waals surface area (Å²) in [6.45, 7) is 1.43. The quantitative estimate of drug-likeness (QED) is 0.386. The van der Waals surface area contributed by atoms with Crippen molar-refractivity contribution < 1.29 is 24.5 Å². The number of hydrazone groups is 1. The van der Waals surface area contributed by atoms with Gasteiger partial charge < -0.3 is 14.7 Å². The van der Waals surface area contributed by atoms with E-state index in [4.69, 9.17) is 4.74 Å². The van der Waals surface area contributed by atoms with Crippen LogP contribution in [0.15, 0.2) is 35.4 Å². The summed E-state index contributed by atoms with van der Waals surface area (Å²) in [6.07, 6.45) is 2.91. The van der Waals surface area contributed by atoms with Crippen molar-refractivity contribution in [1.82, 2.24) is 5.43 Å². The Morgan fingerprint density at radius 3 is 2.52 bits per heavy atom. The molecule has 0 aliphatic carbocycles. The van der Waals surface area contributed by atoms with Crippen LogP contribution in [0.25, 0.3) is 0 Å². The molecule has 0 unspecified atom stereocenters. The van der Waals surface area contributed by atoms with Gasteiger partial charge in [-0.05, 0) is 25.0 Å². The van der Waals surface area contributed by atoms with E-state index in [-0.39, 0.29) is 28.3 Å². The number of carbonyl (C=O) groups excluding carboxylic acids is 1. The fourth-order valence-corrected chi connectivity index (χ4v) is 3.24. The van der Waals surface area contributed by atoms with E-state index in [0.29, 0.717) is 18.8 Å². The maximum Gasteiger partial charge on any atom is 0.293 e. The highest BCUT2D eigenvalue weighted by Crippen LogP contribution is 2.34. The number of aromatic hydroxyl groups is 1. The third-order valence-corrected chi connectivity index (χ3v) is 4.77. The summed E-state index contributed by atoms with van der Waals surface area (Å²) in [5.41, 5.74) is 2.09. The van der Waals surface area contributed by atoms with Crippen LogP contribution in [-0.4, -0.2) is 47.3 Å². The first-order valence-electron chi connectivity index (χ1n) is 9.24. The molecular formula is C19H19N5O7. The van der Waals surface area contributed by atoms with Crippen LogP contribution in [0.2, 0.25) is 0 Å². The van der Waals surface area contributed by atoms with E-state index in [9.17, 15) is 30.1 Å². The van der Waals surface area contributed by atoms with Crippen molar-refractivity contribution in [2.24, 2.45) is 5.10 Å². The third kappa shape index (κ3) is 4.69. The number of non-ortho nitro benzene ring substituents is 1. The number of benzene rings is 2. The van der Waals surface area contributed by atoms with E-state index in [2.05, 4.69) is 10.5 Å². The molecule has 1 amide bonds. The Labute approximate surface area is 176 Å². The molecule has 0 aromatic heterocycles. The monoisotopic (exact) mass is 429 g/mol. The van der Waals surface area contributed by atoms with E-state index in [0.717, 1.165) is 31.2 Å². The van der Waals surface area contributed by atoms with Crippen LogP contribution in [0, 0.1) is 20.2 Å². The molecule has 2 N–H and O–H groups in total. The van der Waals surface area contributed by atoms with Crippen molar-refractivity contribution in [3.63, 3.8) is 0 Å².